The van der Waals surface area contributed by atoms with Gasteiger partial charge in [-0.2, -0.15) is 0 Å². The number of hydrogen-bond acceptors (Lipinski definition) is 4. The fraction of sp³-hybridized carbons (Fsp3) is 0.600. The maximum atomic E-state index is 6.22. The molecule has 1 saturated heterocycles. The summed E-state index contributed by atoms with van der Waals surface area (Å²) in [7, 11) is 0. The summed E-state index contributed by atoms with van der Waals surface area (Å²) in [4.78, 5) is 0. The number of ether oxygens (including phenoxy) is 3. The van der Waals surface area contributed by atoms with E-state index in [9.17, 15) is 0 Å². The van der Waals surface area contributed by atoms with Crippen molar-refractivity contribution in [3.63, 3.8) is 0 Å². The topological polar surface area (TPSA) is 53.7 Å². The Kier molecular flexibility index (Phi) is 3.91. The van der Waals surface area contributed by atoms with Crippen LogP contribution >= 0.6 is 11.6 Å². The molecular formula is C15H20ClNO3. The second kappa shape index (κ2) is 5.53. The van der Waals surface area contributed by atoms with E-state index in [2.05, 4.69) is 0 Å². The number of nitrogens with two attached hydrogens (primary N) is 1. The molecule has 1 heterocycles. The first-order chi connectivity index (χ1) is 9.58. The molecule has 0 bridgehead atoms. The zero-order chi connectivity index (χ0) is 14.2. The number of aryl methyl sites for hydroxylation is 1. The summed E-state index contributed by atoms with van der Waals surface area (Å²) in [5.74, 6) is 0.172. The monoisotopic (exact) mass is 297 g/mol. The lowest BCUT2D eigenvalue weighted by Gasteiger charge is -2.39. The Labute approximate surface area is 124 Å². The van der Waals surface area contributed by atoms with Crippen LogP contribution in [0.3, 0.4) is 0 Å². The van der Waals surface area contributed by atoms with E-state index >= 15 is 0 Å². The summed E-state index contributed by atoms with van der Waals surface area (Å²) in [6.45, 7) is 3.29. The Morgan fingerprint density at radius 3 is 2.80 bits per heavy atom. The standard InChI is InChI=1S/C15H20ClNO3/c1-10-2-3-13(11(16)8-10)20-14-9-15(5-4-12(14)17)18-6-7-19-15/h2-3,8,12,14H,4-7,9,17H2,1H3. The van der Waals surface area contributed by atoms with Gasteiger partial charge in [0.1, 0.15) is 11.9 Å². The molecule has 1 aromatic rings. The molecule has 2 unspecified atom stereocenters. The van der Waals surface area contributed by atoms with Crippen LogP contribution in [0.2, 0.25) is 5.02 Å². The molecule has 3 rings (SSSR count). The highest BCUT2D eigenvalue weighted by molar-refractivity contribution is 6.32. The van der Waals surface area contributed by atoms with E-state index in [0.29, 0.717) is 30.4 Å². The van der Waals surface area contributed by atoms with Gasteiger partial charge in [0.15, 0.2) is 5.79 Å². The van der Waals surface area contributed by atoms with Crippen molar-refractivity contribution in [2.24, 2.45) is 5.73 Å². The molecule has 5 heteroatoms. The van der Waals surface area contributed by atoms with Crippen molar-refractivity contribution >= 4 is 11.6 Å². The van der Waals surface area contributed by atoms with Gasteiger partial charge >= 0.3 is 0 Å². The average molecular weight is 298 g/mol. The molecule has 4 nitrogen and oxygen atoms in total. The molecule has 20 heavy (non-hydrogen) atoms. The predicted molar refractivity (Wildman–Crippen MR) is 77.1 cm³/mol. The van der Waals surface area contributed by atoms with Crippen LogP contribution in [0.5, 0.6) is 5.75 Å². The molecule has 1 spiro atoms. The Balaban J connectivity index is 1.74. The van der Waals surface area contributed by atoms with Gasteiger partial charge in [-0.15, -0.1) is 0 Å². The van der Waals surface area contributed by atoms with Crippen LogP contribution in [0.1, 0.15) is 24.8 Å². The van der Waals surface area contributed by atoms with Crippen LogP contribution in [0.4, 0.5) is 0 Å². The van der Waals surface area contributed by atoms with Crippen LogP contribution in [-0.4, -0.2) is 31.1 Å². The average Bonchev–Trinajstić information content (AvgIpc) is 2.86. The Morgan fingerprint density at radius 2 is 2.10 bits per heavy atom. The van der Waals surface area contributed by atoms with E-state index in [4.69, 9.17) is 31.5 Å². The van der Waals surface area contributed by atoms with Gasteiger partial charge in [0.25, 0.3) is 0 Å². The van der Waals surface area contributed by atoms with Crippen LogP contribution in [0.25, 0.3) is 0 Å². The van der Waals surface area contributed by atoms with E-state index in [-0.39, 0.29) is 12.1 Å². The maximum Gasteiger partial charge on any atom is 0.172 e. The molecule has 110 valence electrons. The van der Waals surface area contributed by atoms with Gasteiger partial charge in [-0.05, 0) is 31.0 Å². The smallest absolute Gasteiger partial charge is 0.172 e. The number of hydrogen-bond donors (Lipinski definition) is 1. The first kappa shape index (κ1) is 14.1. The molecule has 1 aliphatic carbocycles. The molecule has 0 aromatic heterocycles. The van der Waals surface area contributed by atoms with Gasteiger partial charge in [0.2, 0.25) is 0 Å². The molecule has 1 aliphatic heterocycles. The van der Waals surface area contributed by atoms with Gasteiger partial charge in [0.05, 0.1) is 18.2 Å². The summed E-state index contributed by atoms with van der Waals surface area (Å²) in [5, 5.41) is 0.616. The van der Waals surface area contributed by atoms with Crippen LogP contribution < -0.4 is 10.5 Å². The van der Waals surface area contributed by atoms with Crippen molar-refractivity contribution in [3.8, 4) is 5.75 Å². The van der Waals surface area contributed by atoms with Crippen molar-refractivity contribution in [1.82, 2.24) is 0 Å². The van der Waals surface area contributed by atoms with Gasteiger partial charge in [-0.3, -0.25) is 0 Å². The third-order valence-corrected chi connectivity index (χ3v) is 4.32. The van der Waals surface area contributed by atoms with Crippen LogP contribution in [0, 0.1) is 6.92 Å². The normalized spacial score (nSPS) is 28.8. The third-order valence-electron chi connectivity index (χ3n) is 4.03. The summed E-state index contributed by atoms with van der Waals surface area (Å²) >= 11 is 6.22. The predicted octanol–water partition coefficient (Wildman–Crippen LogP) is 2.65. The van der Waals surface area contributed by atoms with Gasteiger partial charge in [-0.1, -0.05) is 17.7 Å². The first-order valence-corrected chi connectivity index (χ1v) is 7.42. The van der Waals surface area contributed by atoms with E-state index in [0.717, 1.165) is 18.4 Å². The molecular weight excluding hydrogens is 278 g/mol. The maximum absolute atomic E-state index is 6.22. The number of rotatable bonds is 2. The second-order valence-corrected chi connectivity index (χ2v) is 6.01. The Morgan fingerprint density at radius 1 is 1.35 bits per heavy atom. The molecule has 2 atom stereocenters. The molecule has 0 radical (unpaired) electrons. The highest BCUT2D eigenvalue weighted by Gasteiger charge is 2.45. The minimum absolute atomic E-state index is 0.0224. The fourth-order valence-electron chi connectivity index (χ4n) is 2.89. The lowest BCUT2D eigenvalue weighted by molar-refractivity contribution is -0.195. The minimum Gasteiger partial charge on any atom is -0.487 e. The summed E-state index contributed by atoms with van der Waals surface area (Å²) in [5.41, 5.74) is 7.28. The van der Waals surface area contributed by atoms with Crippen molar-refractivity contribution in [1.29, 1.82) is 0 Å². The van der Waals surface area contributed by atoms with Crippen LogP contribution in [-0.2, 0) is 9.47 Å². The quantitative estimate of drug-likeness (QED) is 0.912. The molecule has 2 aliphatic rings. The SMILES string of the molecule is Cc1ccc(OC2CC3(CCC2N)OCCO3)c(Cl)c1. The van der Waals surface area contributed by atoms with Gasteiger partial charge in [-0.25, -0.2) is 0 Å². The second-order valence-electron chi connectivity index (χ2n) is 5.60. The van der Waals surface area contributed by atoms with E-state index in [1.165, 1.54) is 0 Å². The van der Waals surface area contributed by atoms with E-state index in [1.807, 2.05) is 25.1 Å². The van der Waals surface area contributed by atoms with Crippen molar-refractivity contribution < 1.29 is 14.2 Å². The zero-order valence-corrected chi connectivity index (χ0v) is 12.4. The lowest BCUT2D eigenvalue weighted by Crippen LogP contribution is -2.51. The number of benzene rings is 1. The highest BCUT2D eigenvalue weighted by Crippen LogP contribution is 2.38. The Bertz CT molecular complexity index is 488. The fourth-order valence-corrected chi connectivity index (χ4v) is 3.16. The molecule has 1 aromatic carbocycles. The molecule has 2 N–H and O–H groups in total. The summed E-state index contributed by atoms with van der Waals surface area (Å²) < 4.78 is 17.5. The van der Waals surface area contributed by atoms with Gasteiger partial charge < -0.3 is 19.9 Å². The van der Waals surface area contributed by atoms with Crippen molar-refractivity contribution in [2.45, 2.75) is 44.1 Å². The summed E-state index contributed by atoms with van der Waals surface area (Å²) in [6.07, 6.45) is 2.17. The van der Waals surface area contributed by atoms with Gasteiger partial charge in [0, 0.05) is 18.9 Å². The van der Waals surface area contributed by atoms with Crippen molar-refractivity contribution in [2.75, 3.05) is 13.2 Å². The molecule has 2 fully saturated rings. The molecule has 0 amide bonds. The van der Waals surface area contributed by atoms with Crippen molar-refractivity contribution in [3.05, 3.63) is 28.8 Å². The van der Waals surface area contributed by atoms with Crippen LogP contribution in [0.15, 0.2) is 18.2 Å². The van der Waals surface area contributed by atoms with E-state index < -0.39 is 5.79 Å². The summed E-state index contributed by atoms with van der Waals surface area (Å²) in [6, 6.07) is 5.74. The molecule has 1 saturated carbocycles. The van der Waals surface area contributed by atoms with E-state index in [1.54, 1.807) is 0 Å². The Hall–Kier alpha value is -0.810. The lowest BCUT2D eigenvalue weighted by atomic mass is 9.88. The largest absolute Gasteiger partial charge is 0.487 e. The first-order valence-electron chi connectivity index (χ1n) is 7.04. The zero-order valence-electron chi connectivity index (χ0n) is 11.6. The highest BCUT2D eigenvalue weighted by atomic mass is 35.5. The minimum atomic E-state index is -0.502. The number of halogens is 1. The third kappa shape index (κ3) is 2.79.